The Bertz CT molecular complexity index is 874. The monoisotopic (exact) mass is 371 g/mol. The van der Waals surface area contributed by atoms with Crippen LogP contribution >= 0.6 is 23.2 Å². The minimum Gasteiger partial charge on any atom is -0.476 e. The van der Waals surface area contributed by atoms with Gasteiger partial charge in [0.15, 0.2) is 12.4 Å². The van der Waals surface area contributed by atoms with E-state index in [1.807, 2.05) is 18.2 Å². The zero-order chi connectivity index (χ0) is 18.2. The van der Waals surface area contributed by atoms with Crippen molar-refractivity contribution in [2.45, 2.75) is 0 Å². The van der Waals surface area contributed by atoms with Gasteiger partial charge in [-0.05, 0) is 35.9 Å². The molecule has 7 heteroatoms. The minimum absolute atomic E-state index is 0.110. The summed E-state index contributed by atoms with van der Waals surface area (Å²) >= 11 is 12.1. The van der Waals surface area contributed by atoms with Gasteiger partial charge in [0.05, 0.1) is 10.0 Å². The predicted molar refractivity (Wildman–Crippen MR) is 96.2 cm³/mol. The smallest absolute Gasteiger partial charge is 0.266 e. The lowest BCUT2D eigenvalue weighted by molar-refractivity contribution is -0.112. The number of ether oxygens (including phenoxy) is 1. The number of benzene rings is 2. The number of hydrogen-bond donors (Lipinski definition) is 1. The fourth-order valence-corrected chi connectivity index (χ4v) is 2.55. The van der Waals surface area contributed by atoms with Crippen LogP contribution in [0, 0.1) is 22.7 Å². The zero-order valence-electron chi connectivity index (χ0n) is 12.8. The highest BCUT2D eigenvalue weighted by atomic mass is 35.5. The molecule has 0 saturated carbocycles. The molecule has 2 aromatic carbocycles. The van der Waals surface area contributed by atoms with E-state index in [2.05, 4.69) is 5.32 Å². The molecule has 0 heterocycles. The molecule has 0 atom stereocenters. The minimum atomic E-state index is -0.550. The van der Waals surface area contributed by atoms with Crippen LogP contribution in [0.1, 0.15) is 5.56 Å². The number of nitrogens with one attached hydrogen (secondary N) is 1. The molecule has 0 aliphatic heterocycles. The summed E-state index contributed by atoms with van der Waals surface area (Å²) in [4.78, 5) is 12.2. The maximum Gasteiger partial charge on any atom is 0.266 e. The van der Waals surface area contributed by atoms with E-state index < -0.39 is 5.91 Å². The molecule has 0 bridgehead atoms. The Morgan fingerprint density at radius 1 is 1.16 bits per heavy atom. The van der Waals surface area contributed by atoms with Crippen LogP contribution in [-0.4, -0.2) is 12.5 Å². The molecule has 25 heavy (non-hydrogen) atoms. The van der Waals surface area contributed by atoms with E-state index in [-0.39, 0.29) is 28.0 Å². The second-order valence-electron chi connectivity index (χ2n) is 4.75. The molecule has 0 aliphatic carbocycles. The molecular formula is C18H11Cl2N3O2. The number of amides is 1. The fourth-order valence-electron chi connectivity index (χ4n) is 1.94. The van der Waals surface area contributed by atoms with Crippen LogP contribution in [0.5, 0.6) is 5.75 Å². The maximum atomic E-state index is 12.2. The number of anilines is 1. The second kappa shape index (κ2) is 8.75. The molecule has 2 rings (SSSR count). The van der Waals surface area contributed by atoms with Crippen molar-refractivity contribution in [3.63, 3.8) is 0 Å². The van der Waals surface area contributed by atoms with E-state index in [0.29, 0.717) is 11.3 Å². The van der Waals surface area contributed by atoms with Crippen molar-refractivity contribution in [2.24, 2.45) is 0 Å². The van der Waals surface area contributed by atoms with Gasteiger partial charge >= 0.3 is 0 Å². The summed E-state index contributed by atoms with van der Waals surface area (Å²) in [6, 6.07) is 15.4. The molecule has 2 aromatic rings. The highest BCUT2D eigenvalue weighted by molar-refractivity contribution is 6.37. The lowest BCUT2D eigenvalue weighted by Crippen LogP contribution is -2.13. The summed E-state index contributed by atoms with van der Waals surface area (Å²) in [6.45, 7) is -0.197. The Hall–Kier alpha value is -2.99. The van der Waals surface area contributed by atoms with Gasteiger partial charge < -0.3 is 10.1 Å². The Morgan fingerprint density at radius 2 is 1.80 bits per heavy atom. The molecule has 0 saturated heterocycles. The molecule has 0 radical (unpaired) electrons. The van der Waals surface area contributed by atoms with E-state index in [4.69, 9.17) is 33.2 Å². The normalized spacial score (nSPS) is 10.5. The SMILES string of the molecule is N#CCOc1c(Cl)cc(/C=C(/C#N)C(=O)Nc2ccccc2)cc1Cl. The van der Waals surface area contributed by atoms with Crippen molar-refractivity contribution >= 4 is 40.9 Å². The van der Waals surface area contributed by atoms with Crippen molar-refractivity contribution in [3.05, 3.63) is 63.6 Å². The highest BCUT2D eigenvalue weighted by Crippen LogP contribution is 2.34. The number of para-hydroxylation sites is 1. The summed E-state index contributed by atoms with van der Waals surface area (Å²) in [5.41, 5.74) is 0.922. The number of halogens is 2. The topological polar surface area (TPSA) is 85.9 Å². The van der Waals surface area contributed by atoms with Gasteiger partial charge in [0.2, 0.25) is 0 Å². The van der Waals surface area contributed by atoms with Crippen LogP contribution < -0.4 is 10.1 Å². The van der Waals surface area contributed by atoms with Crippen molar-refractivity contribution in [2.75, 3.05) is 11.9 Å². The Balaban J connectivity index is 2.26. The van der Waals surface area contributed by atoms with E-state index in [0.717, 1.165) is 0 Å². The third-order valence-corrected chi connectivity index (χ3v) is 3.57. The van der Waals surface area contributed by atoms with E-state index in [1.54, 1.807) is 24.3 Å². The average Bonchev–Trinajstić information content (AvgIpc) is 2.59. The van der Waals surface area contributed by atoms with Crippen molar-refractivity contribution in [1.29, 1.82) is 10.5 Å². The second-order valence-corrected chi connectivity index (χ2v) is 5.56. The van der Waals surface area contributed by atoms with Gasteiger partial charge in [-0.25, -0.2) is 0 Å². The first-order chi connectivity index (χ1) is 12.0. The summed E-state index contributed by atoms with van der Waals surface area (Å²) in [7, 11) is 0. The number of nitrogens with zero attached hydrogens (tertiary/aromatic N) is 2. The van der Waals surface area contributed by atoms with Crippen molar-refractivity contribution in [1.82, 2.24) is 0 Å². The highest BCUT2D eigenvalue weighted by Gasteiger charge is 2.13. The number of carbonyl (C=O) groups excluding carboxylic acids is 1. The maximum absolute atomic E-state index is 12.2. The van der Waals surface area contributed by atoms with E-state index >= 15 is 0 Å². The Kier molecular flexibility index (Phi) is 6.42. The largest absolute Gasteiger partial charge is 0.476 e. The predicted octanol–water partition coefficient (Wildman–Crippen LogP) is 4.44. The van der Waals surface area contributed by atoms with Crippen LogP contribution in [0.4, 0.5) is 5.69 Å². The molecule has 0 aromatic heterocycles. The Morgan fingerprint density at radius 3 is 2.36 bits per heavy atom. The zero-order valence-corrected chi connectivity index (χ0v) is 14.3. The fraction of sp³-hybridized carbons (Fsp3) is 0.0556. The standard InChI is InChI=1S/C18H11Cl2N3O2/c19-15-9-12(10-16(20)17(15)25-7-6-21)8-13(11-22)18(24)23-14-4-2-1-3-5-14/h1-5,8-10H,7H2,(H,23,24)/b13-8-. The van der Waals surface area contributed by atoms with Gasteiger partial charge in [0.1, 0.15) is 17.7 Å². The van der Waals surface area contributed by atoms with Gasteiger partial charge in [-0.1, -0.05) is 41.4 Å². The number of carbonyl (C=O) groups is 1. The molecule has 0 fully saturated rings. The summed E-state index contributed by atoms with van der Waals surface area (Å²) in [5, 5.41) is 20.8. The van der Waals surface area contributed by atoms with E-state index in [1.165, 1.54) is 18.2 Å². The van der Waals surface area contributed by atoms with Gasteiger partial charge in [-0.2, -0.15) is 10.5 Å². The quantitative estimate of drug-likeness (QED) is 0.621. The van der Waals surface area contributed by atoms with Gasteiger partial charge in [0, 0.05) is 5.69 Å². The lowest BCUT2D eigenvalue weighted by atomic mass is 10.1. The van der Waals surface area contributed by atoms with Gasteiger partial charge in [0.25, 0.3) is 5.91 Å². The average molecular weight is 372 g/mol. The first-order valence-electron chi connectivity index (χ1n) is 7.02. The molecule has 1 N–H and O–H groups in total. The summed E-state index contributed by atoms with van der Waals surface area (Å²) in [5.74, 6) is -0.375. The first kappa shape index (κ1) is 18.4. The molecule has 1 amide bonds. The van der Waals surface area contributed by atoms with E-state index in [9.17, 15) is 10.1 Å². The molecule has 5 nitrogen and oxygen atoms in total. The van der Waals surface area contributed by atoms with Gasteiger partial charge in [-0.15, -0.1) is 0 Å². The molecule has 0 spiro atoms. The van der Waals surface area contributed by atoms with Crippen LogP contribution in [0.25, 0.3) is 6.08 Å². The van der Waals surface area contributed by atoms with Crippen molar-refractivity contribution < 1.29 is 9.53 Å². The third-order valence-electron chi connectivity index (χ3n) is 3.01. The molecule has 0 unspecified atom stereocenters. The van der Waals surface area contributed by atoms with Crippen LogP contribution in [0.3, 0.4) is 0 Å². The van der Waals surface area contributed by atoms with Crippen LogP contribution in [0.2, 0.25) is 10.0 Å². The van der Waals surface area contributed by atoms with Gasteiger partial charge in [-0.3, -0.25) is 4.79 Å². The molecule has 124 valence electrons. The third kappa shape index (κ3) is 4.99. The van der Waals surface area contributed by atoms with Crippen LogP contribution in [-0.2, 0) is 4.79 Å². The number of hydrogen-bond acceptors (Lipinski definition) is 4. The summed E-state index contributed by atoms with van der Waals surface area (Å²) < 4.78 is 5.14. The number of nitriles is 2. The molecular weight excluding hydrogens is 361 g/mol. The lowest BCUT2D eigenvalue weighted by Gasteiger charge is -2.08. The molecule has 0 aliphatic rings. The summed E-state index contributed by atoms with van der Waals surface area (Å²) in [6.07, 6.45) is 1.37. The first-order valence-corrected chi connectivity index (χ1v) is 7.77. The Labute approximate surface area is 154 Å². The number of rotatable bonds is 5. The van der Waals surface area contributed by atoms with Crippen molar-refractivity contribution in [3.8, 4) is 17.9 Å². The van der Waals surface area contributed by atoms with Crippen LogP contribution in [0.15, 0.2) is 48.0 Å².